The first-order valence-corrected chi connectivity index (χ1v) is 4.25. The summed E-state index contributed by atoms with van der Waals surface area (Å²) in [6.45, 7) is 2.23. The van der Waals surface area contributed by atoms with Crippen molar-refractivity contribution in [3.8, 4) is 0 Å². The van der Waals surface area contributed by atoms with Gasteiger partial charge in [0.25, 0.3) is 0 Å². The van der Waals surface area contributed by atoms with Crippen molar-refractivity contribution in [2.75, 3.05) is 0 Å². The van der Waals surface area contributed by atoms with Crippen LogP contribution in [0.3, 0.4) is 0 Å². The van der Waals surface area contributed by atoms with E-state index in [1.54, 1.807) is 0 Å². The summed E-state index contributed by atoms with van der Waals surface area (Å²) in [7, 11) is 0. The van der Waals surface area contributed by atoms with Gasteiger partial charge in [-0.25, -0.2) is 0 Å². The molecule has 9 heavy (non-hydrogen) atoms. The van der Waals surface area contributed by atoms with Crippen LogP contribution in [0.5, 0.6) is 0 Å². The molecule has 0 heterocycles. The van der Waals surface area contributed by atoms with Crippen molar-refractivity contribution in [2.24, 2.45) is 5.92 Å². The molecule has 0 nitrogen and oxygen atoms in total. The van der Waals surface area contributed by atoms with E-state index in [0.29, 0.717) is 5.38 Å². The Morgan fingerprint density at radius 2 is 2.33 bits per heavy atom. The van der Waals surface area contributed by atoms with Gasteiger partial charge in [0.1, 0.15) is 0 Å². The molecular formula is C8H14Cl. The molecule has 1 rings (SSSR count). The number of unbranched alkanes of at least 4 members (excludes halogenated alkanes) is 1. The van der Waals surface area contributed by atoms with Crippen molar-refractivity contribution >= 4 is 11.6 Å². The van der Waals surface area contributed by atoms with Crippen LogP contribution in [0.2, 0.25) is 0 Å². The van der Waals surface area contributed by atoms with Crippen LogP contribution in [-0.4, -0.2) is 5.38 Å². The molecule has 1 aliphatic carbocycles. The maximum Gasteiger partial charge on any atom is 0.0372 e. The van der Waals surface area contributed by atoms with E-state index in [0.717, 1.165) is 5.92 Å². The Bertz CT molecular complexity index is 74.6. The summed E-state index contributed by atoms with van der Waals surface area (Å²) in [6.07, 6.45) is 7.53. The molecule has 0 amide bonds. The van der Waals surface area contributed by atoms with E-state index in [-0.39, 0.29) is 0 Å². The summed E-state index contributed by atoms with van der Waals surface area (Å²) in [5.74, 6) is 0.854. The van der Waals surface area contributed by atoms with Gasteiger partial charge in [0.15, 0.2) is 0 Å². The van der Waals surface area contributed by atoms with Crippen LogP contribution in [0.4, 0.5) is 0 Å². The molecule has 0 aromatic rings. The third-order valence-corrected chi connectivity index (χ3v) is 2.26. The van der Waals surface area contributed by atoms with Gasteiger partial charge in [-0.05, 0) is 18.8 Å². The van der Waals surface area contributed by atoms with E-state index in [9.17, 15) is 0 Å². The van der Waals surface area contributed by atoms with Crippen molar-refractivity contribution in [1.29, 1.82) is 0 Å². The molecule has 0 aromatic heterocycles. The Balaban J connectivity index is 1.91. The van der Waals surface area contributed by atoms with Gasteiger partial charge in [-0.3, -0.25) is 0 Å². The minimum atomic E-state index is 0.395. The second-order valence-electron chi connectivity index (χ2n) is 2.85. The van der Waals surface area contributed by atoms with Gasteiger partial charge in [-0.2, -0.15) is 0 Å². The minimum Gasteiger partial charge on any atom is -0.123 e. The van der Waals surface area contributed by atoms with Gasteiger partial charge in [-0.1, -0.05) is 26.2 Å². The smallest absolute Gasteiger partial charge is 0.0372 e. The second-order valence-corrected chi connectivity index (χ2v) is 3.41. The van der Waals surface area contributed by atoms with Crippen molar-refractivity contribution in [2.45, 2.75) is 38.0 Å². The van der Waals surface area contributed by atoms with Crippen LogP contribution < -0.4 is 0 Å². The molecule has 0 aliphatic heterocycles. The van der Waals surface area contributed by atoms with E-state index in [2.05, 4.69) is 13.3 Å². The highest BCUT2D eigenvalue weighted by atomic mass is 35.5. The zero-order valence-corrected chi connectivity index (χ0v) is 6.69. The van der Waals surface area contributed by atoms with Crippen molar-refractivity contribution < 1.29 is 0 Å². The zero-order chi connectivity index (χ0) is 6.69. The molecule has 2 unspecified atom stereocenters. The Labute approximate surface area is 62.6 Å². The molecule has 1 heteroatoms. The standard InChI is InChI=1S/C8H14Cl/c1-2-3-4-7-5-8(9)6-7/h5,7-8H,2-4,6H2,1H3. The maximum atomic E-state index is 5.77. The molecule has 0 saturated heterocycles. The Morgan fingerprint density at radius 1 is 1.67 bits per heavy atom. The lowest BCUT2D eigenvalue weighted by atomic mass is 9.81. The van der Waals surface area contributed by atoms with Crippen LogP contribution in [0.25, 0.3) is 0 Å². The molecule has 2 atom stereocenters. The van der Waals surface area contributed by atoms with Crippen LogP contribution in [0.1, 0.15) is 32.6 Å². The van der Waals surface area contributed by atoms with Crippen molar-refractivity contribution in [1.82, 2.24) is 0 Å². The number of halogens is 1. The molecule has 0 N–H and O–H groups in total. The summed E-state index contributed by atoms with van der Waals surface area (Å²) >= 11 is 5.77. The fourth-order valence-electron chi connectivity index (χ4n) is 1.23. The predicted octanol–water partition coefficient (Wildman–Crippen LogP) is 3.01. The predicted molar refractivity (Wildman–Crippen MR) is 41.6 cm³/mol. The topological polar surface area (TPSA) is 0 Å². The number of alkyl halides is 1. The summed E-state index contributed by atoms with van der Waals surface area (Å²) in [4.78, 5) is 0. The van der Waals surface area contributed by atoms with Crippen LogP contribution in [0, 0.1) is 12.3 Å². The summed E-state index contributed by atoms with van der Waals surface area (Å²) in [5, 5.41) is 0.395. The fourth-order valence-corrected chi connectivity index (χ4v) is 1.66. The molecular weight excluding hydrogens is 132 g/mol. The van der Waals surface area contributed by atoms with Gasteiger partial charge < -0.3 is 0 Å². The first-order valence-electron chi connectivity index (χ1n) is 3.82. The Hall–Kier alpha value is 0.290. The summed E-state index contributed by atoms with van der Waals surface area (Å²) in [6, 6.07) is 0. The van der Waals surface area contributed by atoms with Gasteiger partial charge >= 0.3 is 0 Å². The third-order valence-electron chi connectivity index (χ3n) is 1.94. The first-order chi connectivity index (χ1) is 4.33. The lowest BCUT2D eigenvalue weighted by Crippen LogP contribution is -2.24. The summed E-state index contributed by atoms with van der Waals surface area (Å²) in [5.41, 5.74) is 0. The zero-order valence-electron chi connectivity index (χ0n) is 5.94. The summed E-state index contributed by atoms with van der Waals surface area (Å²) < 4.78 is 0. The van der Waals surface area contributed by atoms with Crippen molar-refractivity contribution in [3.05, 3.63) is 6.42 Å². The Morgan fingerprint density at radius 3 is 2.78 bits per heavy atom. The molecule has 53 valence electrons. The van der Waals surface area contributed by atoms with E-state index in [4.69, 9.17) is 11.6 Å². The Kier molecular flexibility index (Phi) is 2.84. The van der Waals surface area contributed by atoms with Crippen LogP contribution in [0.15, 0.2) is 0 Å². The third kappa shape index (κ3) is 2.17. The van der Waals surface area contributed by atoms with E-state index in [1.807, 2.05) is 0 Å². The van der Waals surface area contributed by atoms with Gasteiger partial charge in [-0.15, -0.1) is 11.6 Å². The molecule has 1 aliphatic rings. The van der Waals surface area contributed by atoms with Gasteiger partial charge in [0.2, 0.25) is 0 Å². The highest BCUT2D eigenvalue weighted by Gasteiger charge is 2.26. The van der Waals surface area contributed by atoms with Crippen molar-refractivity contribution in [3.63, 3.8) is 0 Å². The maximum absolute atomic E-state index is 5.77. The lowest BCUT2D eigenvalue weighted by molar-refractivity contribution is 0.398. The van der Waals surface area contributed by atoms with E-state index < -0.39 is 0 Å². The average Bonchev–Trinajstić information content (AvgIpc) is 1.78. The number of hydrogen-bond acceptors (Lipinski definition) is 0. The number of rotatable bonds is 3. The quantitative estimate of drug-likeness (QED) is 0.536. The fraction of sp³-hybridized carbons (Fsp3) is 0.875. The second kappa shape index (κ2) is 3.46. The lowest BCUT2D eigenvalue weighted by Gasteiger charge is -2.30. The average molecular weight is 146 g/mol. The minimum absolute atomic E-state index is 0.395. The molecule has 0 aromatic carbocycles. The first kappa shape index (κ1) is 7.40. The SMILES string of the molecule is CCCCC1[CH]C(Cl)C1. The molecule has 1 saturated carbocycles. The molecule has 0 spiro atoms. The monoisotopic (exact) mass is 145 g/mol. The van der Waals surface area contributed by atoms with E-state index in [1.165, 1.54) is 25.7 Å². The number of hydrogen-bond donors (Lipinski definition) is 0. The van der Waals surface area contributed by atoms with Crippen LogP contribution in [-0.2, 0) is 0 Å². The van der Waals surface area contributed by atoms with E-state index >= 15 is 0 Å². The highest BCUT2D eigenvalue weighted by molar-refractivity contribution is 6.22. The molecule has 0 bridgehead atoms. The normalized spacial score (nSPS) is 34.0. The van der Waals surface area contributed by atoms with Crippen LogP contribution >= 0.6 is 11.6 Å². The largest absolute Gasteiger partial charge is 0.123 e. The van der Waals surface area contributed by atoms with Gasteiger partial charge in [0, 0.05) is 5.38 Å². The molecule has 1 fully saturated rings. The van der Waals surface area contributed by atoms with Gasteiger partial charge in [0.05, 0.1) is 0 Å². The molecule has 1 radical (unpaired) electrons. The highest BCUT2D eigenvalue weighted by Crippen LogP contribution is 2.34.